The van der Waals surface area contributed by atoms with Gasteiger partial charge in [0.2, 0.25) is 10.0 Å². The molecule has 0 aliphatic heterocycles. The zero-order valence-electron chi connectivity index (χ0n) is 11.0. The van der Waals surface area contributed by atoms with Crippen LogP contribution in [0.4, 0.5) is 5.82 Å². The van der Waals surface area contributed by atoms with E-state index in [-0.39, 0.29) is 17.3 Å². The molecular weight excluding hydrogens is 292 g/mol. The second-order valence-corrected chi connectivity index (χ2v) is 5.86. The van der Waals surface area contributed by atoms with E-state index in [0.29, 0.717) is 11.4 Å². The SMILES string of the molecule is C=CCNS(=O)(=O)c1ccc(C(=O)Nc2ccn[nH]2)cc1. The predicted octanol–water partition coefficient (Wildman–Crippen LogP) is 1.13. The fourth-order valence-electron chi connectivity index (χ4n) is 1.56. The molecule has 21 heavy (non-hydrogen) atoms. The monoisotopic (exact) mass is 306 g/mol. The number of H-pyrrole nitrogens is 1. The average Bonchev–Trinajstić information content (AvgIpc) is 2.98. The molecule has 0 aliphatic rings. The number of aromatic amines is 1. The summed E-state index contributed by atoms with van der Waals surface area (Å²) in [5.74, 6) is 0.103. The van der Waals surface area contributed by atoms with Crippen molar-refractivity contribution in [2.75, 3.05) is 11.9 Å². The van der Waals surface area contributed by atoms with Gasteiger partial charge in [0.15, 0.2) is 0 Å². The summed E-state index contributed by atoms with van der Waals surface area (Å²) in [6.07, 6.45) is 2.96. The third kappa shape index (κ3) is 3.77. The van der Waals surface area contributed by atoms with Crippen LogP contribution in [0.15, 0.2) is 54.1 Å². The van der Waals surface area contributed by atoms with E-state index in [0.717, 1.165) is 0 Å². The van der Waals surface area contributed by atoms with Crippen molar-refractivity contribution in [3.8, 4) is 0 Å². The van der Waals surface area contributed by atoms with Gasteiger partial charge in [-0.15, -0.1) is 6.58 Å². The Morgan fingerprint density at radius 3 is 2.57 bits per heavy atom. The van der Waals surface area contributed by atoms with Crippen LogP contribution in [-0.4, -0.2) is 31.1 Å². The molecule has 0 bridgehead atoms. The van der Waals surface area contributed by atoms with Gasteiger partial charge in [0.1, 0.15) is 5.82 Å². The van der Waals surface area contributed by atoms with Crippen LogP contribution in [0.3, 0.4) is 0 Å². The molecule has 0 aliphatic carbocycles. The van der Waals surface area contributed by atoms with E-state index in [9.17, 15) is 13.2 Å². The Bertz CT molecular complexity index is 721. The number of carbonyl (C=O) groups is 1. The van der Waals surface area contributed by atoms with Crippen LogP contribution in [0.1, 0.15) is 10.4 Å². The number of hydrogen-bond acceptors (Lipinski definition) is 4. The number of anilines is 1. The zero-order chi connectivity index (χ0) is 15.3. The summed E-state index contributed by atoms with van der Waals surface area (Å²) in [5.41, 5.74) is 0.340. The van der Waals surface area contributed by atoms with Crippen molar-refractivity contribution in [3.05, 3.63) is 54.7 Å². The normalized spacial score (nSPS) is 11.0. The molecule has 110 valence electrons. The zero-order valence-corrected chi connectivity index (χ0v) is 11.9. The predicted molar refractivity (Wildman–Crippen MR) is 78.4 cm³/mol. The highest BCUT2D eigenvalue weighted by atomic mass is 32.2. The maximum absolute atomic E-state index is 11.9. The van der Waals surface area contributed by atoms with E-state index < -0.39 is 10.0 Å². The Morgan fingerprint density at radius 2 is 2.00 bits per heavy atom. The van der Waals surface area contributed by atoms with Gasteiger partial charge in [-0.05, 0) is 24.3 Å². The van der Waals surface area contributed by atoms with Crippen LogP contribution in [0.25, 0.3) is 0 Å². The van der Waals surface area contributed by atoms with Crippen molar-refractivity contribution >= 4 is 21.7 Å². The van der Waals surface area contributed by atoms with Crippen molar-refractivity contribution in [3.63, 3.8) is 0 Å². The summed E-state index contributed by atoms with van der Waals surface area (Å²) in [4.78, 5) is 12.0. The van der Waals surface area contributed by atoms with Gasteiger partial charge < -0.3 is 5.32 Å². The largest absolute Gasteiger partial charge is 0.307 e. The van der Waals surface area contributed by atoms with Crippen LogP contribution in [-0.2, 0) is 10.0 Å². The molecule has 2 aromatic rings. The van der Waals surface area contributed by atoms with Crippen molar-refractivity contribution in [1.82, 2.24) is 14.9 Å². The molecule has 0 fully saturated rings. The number of sulfonamides is 1. The van der Waals surface area contributed by atoms with Crippen molar-refractivity contribution in [2.45, 2.75) is 4.90 Å². The highest BCUT2D eigenvalue weighted by Gasteiger charge is 2.14. The Hall–Kier alpha value is -2.45. The van der Waals surface area contributed by atoms with Gasteiger partial charge >= 0.3 is 0 Å². The number of nitrogens with zero attached hydrogens (tertiary/aromatic N) is 1. The maximum atomic E-state index is 11.9. The topological polar surface area (TPSA) is 104 Å². The van der Waals surface area contributed by atoms with E-state index in [4.69, 9.17) is 0 Å². The molecule has 0 saturated heterocycles. The van der Waals surface area contributed by atoms with Crippen molar-refractivity contribution in [2.24, 2.45) is 0 Å². The molecule has 1 heterocycles. The molecule has 1 aromatic heterocycles. The summed E-state index contributed by atoms with van der Waals surface area (Å²) in [7, 11) is -3.58. The van der Waals surface area contributed by atoms with Crippen molar-refractivity contribution in [1.29, 1.82) is 0 Å². The van der Waals surface area contributed by atoms with Gasteiger partial charge in [-0.25, -0.2) is 13.1 Å². The highest BCUT2D eigenvalue weighted by molar-refractivity contribution is 7.89. The Balaban J connectivity index is 2.11. The highest BCUT2D eigenvalue weighted by Crippen LogP contribution is 2.12. The van der Waals surface area contributed by atoms with Crippen LogP contribution in [0, 0.1) is 0 Å². The lowest BCUT2D eigenvalue weighted by molar-refractivity contribution is 0.102. The molecule has 3 N–H and O–H groups in total. The minimum absolute atomic E-state index is 0.0856. The molecule has 0 spiro atoms. The molecule has 7 nitrogen and oxygen atoms in total. The van der Waals surface area contributed by atoms with Gasteiger partial charge in [0.25, 0.3) is 5.91 Å². The summed E-state index contributed by atoms with van der Waals surface area (Å²) < 4.78 is 26.1. The van der Waals surface area contributed by atoms with Gasteiger partial charge in [-0.2, -0.15) is 5.10 Å². The average molecular weight is 306 g/mol. The summed E-state index contributed by atoms with van der Waals surface area (Å²) in [6.45, 7) is 3.59. The number of hydrogen-bond donors (Lipinski definition) is 3. The number of nitrogens with one attached hydrogen (secondary N) is 3. The number of rotatable bonds is 6. The lowest BCUT2D eigenvalue weighted by Crippen LogP contribution is -2.23. The molecule has 0 radical (unpaired) electrons. The Morgan fingerprint density at radius 1 is 1.29 bits per heavy atom. The minimum Gasteiger partial charge on any atom is -0.307 e. The molecule has 8 heteroatoms. The first-order chi connectivity index (χ1) is 10.0. The van der Waals surface area contributed by atoms with E-state index in [1.807, 2.05) is 0 Å². The lowest BCUT2D eigenvalue weighted by atomic mass is 10.2. The van der Waals surface area contributed by atoms with Gasteiger partial charge in [0.05, 0.1) is 11.1 Å². The summed E-state index contributed by atoms with van der Waals surface area (Å²) >= 11 is 0. The van der Waals surface area contributed by atoms with Gasteiger partial charge in [0, 0.05) is 18.2 Å². The summed E-state index contributed by atoms with van der Waals surface area (Å²) in [5, 5.41) is 8.90. The standard InChI is InChI=1S/C13H14N4O3S/c1-2-8-15-21(19,20)11-5-3-10(4-6-11)13(18)16-12-7-9-14-17-12/h2-7,9,15H,1,8H2,(H2,14,16,17,18). The molecule has 0 saturated carbocycles. The number of amides is 1. The Kier molecular flexibility index (Phi) is 4.51. The maximum Gasteiger partial charge on any atom is 0.256 e. The number of benzene rings is 1. The third-order valence-electron chi connectivity index (χ3n) is 2.59. The van der Waals surface area contributed by atoms with Crippen LogP contribution in [0.2, 0.25) is 0 Å². The van der Waals surface area contributed by atoms with Crippen LogP contribution in [0.5, 0.6) is 0 Å². The van der Waals surface area contributed by atoms with E-state index in [1.165, 1.54) is 36.5 Å². The van der Waals surface area contributed by atoms with E-state index in [1.54, 1.807) is 6.07 Å². The van der Waals surface area contributed by atoms with E-state index >= 15 is 0 Å². The smallest absolute Gasteiger partial charge is 0.256 e. The molecule has 1 aromatic carbocycles. The van der Waals surface area contributed by atoms with Crippen molar-refractivity contribution < 1.29 is 13.2 Å². The quantitative estimate of drug-likeness (QED) is 0.696. The number of carbonyl (C=O) groups excluding carboxylic acids is 1. The Labute approximate surface area is 122 Å². The molecule has 1 amide bonds. The summed E-state index contributed by atoms with van der Waals surface area (Å²) in [6, 6.07) is 7.22. The van der Waals surface area contributed by atoms with Crippen LogP contribution < -0.4 is 10.0 Å². The number of aromatic nitrogens is 2. The fourth-order valence-corrected chi connectivity index (χ4v) is 2.56. The molecular formula is C13H14N4O3S. The lowest BCUT2D eigenvalue weighted by Gasteiger charge is -2.06. The van der Waals surface area contributed by atoms with Gasteiger partial charge in [-0.1, -0.05) is 6.08 Å². The first-order valence-corrected chi connectivity index (χ1v) is 7.52. The second kappa shape index (κ2) is 6.33. The first-order valence-electron chi connectivity index (χ1n) is 6.04. The van der Waals surface area contributed by atoms with E-state index in [2.05, 4.69) is 26.8 Å². The van der Waals surface area contributed by atoms with Crippen LogP contribution >= 0.6 is 0 Å². The molecule has 0 unspecified atom stereocenters. The first kappa shape index (κ1) is 14.9. The fraction of sp³-hybridized carbons (Fsp3) is 0.0769. The third-order valence-corrected chi connectivity index (χ3v) is 4.03. The minimum atomic E-state index is -3.58. The second-order valence-electron chi connectivity index (χ2n) is 4.09. The molecule has 2 rings (SSSR count). The molecule has 0 atom stereocenters. The van der Waals surface area contributed by atoms with Gasteiger partial charge in [-0.3, -0.25) is 9.89 Å².